The molecular weight excluding hydrogens is 232 g/mol. The number of ether oxygens (including phenoxy) is 2. The Balaban J connectivity index is 3.44. The number of aromatic hydroxyl groups is 1. The first-order valence-corrected chi connectivity index (χ1v) is 5.49. The summed E-state index contributed by atoms with van der Waals surface area (Å²) in [4.78, 5) is 0. The zero-order chi connectivity index (χ0) is 13.9. The quantitative estimate of drug-likeness (QED) is 0.892. The number of phenolic OH excluding ortho intramolecular Hbond substituents is 1. The Hall–Kier alpha value is -1.84. The van der Waals surface area contributed by atoms with Crippen LogP contribution in [0.1, 0.15) is 18.1 Å². The molecule has 4 nitrogen and oxygen atoms in total. The molecule has 0 spiro atoms. The minimum Gasteiger partial charge on any atom is -0.504 e. The maximum atomic E-state index is 12.0. The molecule has 0 heterocycles. The van der Waals surface area contributed by atoms with Gasteiger partial charge >= 0.3 is 0 Å². The van der Waals surface area contributed by atoms with E-state index in [0.717, 1.165) is 0 Å². The number of phenols is 1. The molecule has 1 aromatic carbocycles. The minimum atomic E-state index is -0.287. The van der Waals surface area contributed by atoms with Crippen molar-refractivity contribution in [3.8, 4) is 23.0 Å². The topological polar surface area (TPSA) is 58.6 Å². The lowest BCUT2D eigenvalue weighted by atomic mass is 10.0. The van der Waals surface area contributed by atoms with Gasteiger partial charge in [0.2, 0.25) is 17.2 Å². The lowest BCUT2D eigenvalue weighted by Crippen LogP contribution is -1.98. The Morgan fingerprint density at radius 2 is 1.89 bits per heavy atom. The fraction of sp³-hybridized carbons (Fsp3) is 0.357. The Labute approximate surface area is 107 Å². The van der Waals surface area contributed by atoms with E-state index in [9.17, 15) is 10.2 Å². The van der Waals surface area contributed by atoms with Crippen LogP contribution in [0.4, 0.5) is 0 Å². The first-order chi connectivity index (χ1) is 8.43. The molecule has 0 bridgehead atoms. The summed E-state index contributed by atoms with van der Waals surface area (Å²) in [5, 5.41) is 22.1. The molecule has 0 fully saturated rings. The third-order valence-electron chi connectivity index (χ3n) is 2.74. The number of hydrogen-bond donors (Lipinski definition) is 1. The van der Waals surface area contributed by atoms with Crippen molar-refractivity contribution >= 4 is 0 Å². The molecular formula is C14H17O4. The van der Waals surface area contributed by atoms with Gasteiger partial charge in [-0.25, -0.2) is 0 Å². The summed E-state index contributed by atoms with van der Waals surface area (Å²) < 4.78 is 10.00. The maximum absolute atomic E-state index is 12.0. The summed E-state index contributed by atoms with van der Waals surface area (Å²) in [7, 11) is 2.74. The highest BCUT2D eigenvalue weighted by atomic mass is 16.5. The van der Waals surface area contributed by atoms with E-state index in [1.165, 1.54) is 14.2 Å². The van der Waals surface area contributed by atoms with Gasteiger partial charge in [-0.05, 0) is 27.2 Å². The number of benzene rings is 1. The molecule has 18 heavy (non-hydrogen) atoms. The average molecular weight is 249 g/mol. The Morgan fingerprint density at radius 3 is 2.33 bits per heavy atom. The van der Waals surface area contributed by atoms with Crippen LogP contribution in [0.25, 0.3) is 0 Å². The SMILES string of the molecule is [CH]/C(C)=C/Cc1c(C)c([O])c(OC)c(OC)c1O. The van der Waals surface area contributed by atoms with Crippen LogP contribution >= 0.6 is 0 Å². The monoisotopic (exact) mass is 249 g/mol. The van der Waals surface area contributed by atoms with Gasteiger partial charge in [-0.3, -0.25) is 5.11 Å². The zero-order valence-electron chi connectivity index (χ0n) is 11.0. The molecule has 0 saturated heterocycles. The zero-order valence-corrected chi connectivity index (χ0v) is 11.0. The molecule has 3 radical (unpaired) electrons. The summed E-state index contributed by atoms with van der Waals surface area (Å²) in [6.45, 7) is 8.93. The van der Waals surface area contributed by atoms with E-state index in [2.05, 4.69) is 0 Å². The van der Waals surface area contributed by atoms with Crippen molar-refractivity contribution in [1.29, 1.82) is 0 Å². The molecule has 0 aliphatic rings. The predicted octanol–water partition coefficient (Wildman–Crippen LogP) is 3.06. The Bertz CT molecular complexity index is 471. The molecule has 0 unspecified atom stereocenters. The van der Waals surface area contributed by atoms with E-state index < -0.39 is 0 Å². The molecule has 0 aromatic heterocycles. The molecule has 0 aliphatic carbocycles. The van der Waals surface area contributed by atoms with E-state index in [-0.39, 0.29) is 23.0 Å². The summed E-state index contributed by atoms with van der Waals surface area (Å²) in [5.74, 6) is -0.287. The number of hydrogen-bond acceptors (Lipinski definition) is 3. The van der Waals surface area contributed by atoms with E-state index in [4.69, 9.17) is 16.4 Å². The molecule has 1 rings (SSSR count). The Morgan fingerprint density at radius 1 is 1.33 bits per heavy atom. The van der Waals surface area contributed by atoms with Gasteiger partial charge < -0.3 is 14.6 Å². The van der Waals surface area contributed by atoms with Crippen molar-refractivity contribution in [3.05, 3.63) is 29.7 Å². The minimum absolute atomic E-state index is 0.0182. The van der Waals surface area contributed by atoms with Crippen molar-refractivity contribution in [1.82, 2.24) is 0 Å². The summed E-state index contributed by atoms with van der Waals surface area (Å²) in [5.41, 5.74) is 1.56. The second kappa shape index (κ2) is 5.67. The van der Waals surface area contributed by atoms with E-state index >= 15 is 0 Å². The smallest absolute Gasteiger partial charge is 0.227 e. The summed E-state index contributed by atoms with van der Waals surface area (Å²) in [6, 6.07) is 0. The van der Waals surface area contributed by atoms with Gasteiger partial charge in [0, 0.05) is 11.1 Å². The third-order valence-corrected chi connectivity index (χ3v) is 2.74. The van der Waals surface area contributed by atoms with Crippen LogP contribution in [0.3, 0.4) is 0 Å². The van der Waals surface area contributed by atoms with Crippen molar-refractivity contribution in [3.63, 3.8) is 0 Å². The highest BCUT2D eigenvalue weighted by molar-refractivity contribution is 5.66. The molecule has 0 saturated carbocycles. The van der Waals surface area contributed by atoms with Gasteiger partial charge in [-0.15, -0.1) is 0 Å². The van der Waals surface area contributed by atoms with Crippen LogP contribution < -0.4 is 9.47 Å². The van der Waals surface area contributed by atoms with Crippen molar-refractivity contribution < 1.29 is 19.7 Å². The number of methoxy groups -OCH3 is 2. The molecule has 0 atom stereocenters. The van der Waals surface area contributed by atoms with Crippen LogP contribution in [0.2, 0.25) is 0 Å². The first-order valence-electron chi connectivity index (χ1n) is 5.49. The van der Waals surface area contributed by atoms with Crippen LogP contribution in [-0.4, -0.2) is 19.3 Å². The van der Waals surface area contributed by atoms with Crippen LogP contribution in [0, 0.1) is 13.8 Å². The van der Waals surface area contributed by atoms with Gasteiger partial charge in [0.05, 0.1) is 14.2 Å². The molecule has 1 aromatic rings. The number of rotatable bonds is 4. The molecule has 97 valence electrons. The average Bonchev–Trinajstić information content (AvgIpc) is 2.32. The summed E-state index contributed by atoms with van der Waals surface area (Å²) in [6.07, 6.45) is 2.10. The van der Waals surface area contributed by atoms with Crippen LogP contribution in [0.15, 0.2) is 11.6 Å². The highest BCUT2D eigenvalue weighted by Gasteiger charge is 2.23. The van der Waals surface area contributed by atoms with Gasteiger partial charge in [-0.2, -0.15) is 0 Å². The normalized spacial score (nSPS) is 11.5. The second-order valence-corrected chi connectivity index (χ2v) is 4.00. The summed E-state index contributed by atoms with van der Waals surface area (Å²) >= 11 is 0. The van der Waals surface area contributed by atoms with Crippen LogP contribution in [-0.2, 0) is 11.5 Å². The van der Waals surface area contributed by atoms with Gasteiger partial charge in [-0.1, -0.05) is 11.6 Å². The largest absolute Gasteiger partial charge is 0.504 e. The van der Waals surface area contributed by atoms with E-state index in [1.54, 1.807) is 19.9 Å². The van der Waals surface area contributed by atoms with Crippen LogP contribution in [0.5, 0.6) is 23.0 Å². The first kappa shape index (κ1) is 14.2. The van der Waals surface area contributed by atoms with Crippen molar-refractivity contribution in [2.75, 3.05) is 14.2 Å². The third kappa shape index (κ3) is 2.53. The van der Waals surface area contributed by atoms with Gasteiger partial charge in [0.15, 0.2) is 5.75 Å². The van der Waals surface area contributed by atoms with Crippen molar-refractivity contribution in [2.45, 2.75) is 20.3 Å². The second-order valence-electron chi connectivity index (χ2n) is 4.00. The number of allylic oxidation sites excluding steroid dienone is 2. The van der Waals surface area contributed by atoms with Gasteiger partial charge in [0.1, 0.15) is 0 Å². The molecule has 0 amide bonds. The standard InChI is InChI=1S/C14H17O4/c1-8(2)6-7-10-9(3)11(15)13(17-4)14(18-5)12(10)16/h1,6,16H,7H2,2-5H3/b8-6-. The Kier molecular flexibility index (Phi) is 4.48. The maximum Gasteiger partial charge on any atom is 0.227 e. The molecule has 0 aliphatic heterocycles. The highest BCUT2D eigenvalue weighted by Crippen LogP contribution is 2.48. The van der Waals surface area contributed by atoms with E-state index in [1.807, 2.05) is 0 Å². The predicted molar refractivity (Wildman–Crippen MR) is 67.8 cm³/mol. The lowest BCUT2D eigenvalue weighted by Gasteiger charge is -2.15. The lowest BCUT2D eigenvalue weighted by molar-refractivity contribution is 0.286. The van der Waals surface area contributed by atoms with Crippen molar-refractivity contribution in [2.24, 2.45) is 0 Å². The van der Waals surface area contributed by atoms with E-state index in [0.29, 0.717) is 23.1 Å². The fourth-order valence-corrected chi connectivity index (χ4v) is 1.72. The molecule has 1 N–H and O–H groups in total. The molecule has 4 heteroatoms. The fourth-order valence-electron chi connectivity index (χ4n) is 1.72. The van der Waals surface area contributed by atoms with Gasteiger partial charge in [0.25, 0.3) is 0 Å².